The molecule has 13 heavy (non-hydrogen) atoms. The molecule has 0 N–H and O–H groups in total. The zero-order valence-corrected chi connectivity index (χ0v) is 9.29. The lowest BCUT2D eigenvalue weighted by Gasteiger charge is -2.20. The highest BCUT2D eigenvalue weighted by Gasteiger charge is 2.22. The second-order valence-corrected chi connectivity index (χ2v) is 4.75. The summed E-state index contributed by atoms with van der Waals surface area (Å²) in [5.41, 5.74) is 0. The zero-order chi connectivity index (χ0) is 9.84. The van der Waals surface area contributed by atoms with Crippen LogP contribution in [-0.4, -0.2) is 25.0 Å². The Bertz CT molecular complexity index is 165. The lowest BCUT2D eigenvalue weighted by molar-refractivity contribution is 0.310. The molecule has 0 aliphatic carbocycles. The summed E-state index contributed by atoms with van der Waals surface area (Å²) in [6, 6.07) is 0. The molecule has 0 aromatic rings. The van der Waals surface area contributed by atoms with Crippen LogP contribution in [0.1, 0.15) is 26.7 Å². The summed E-state index contributed by atoms with van der Waals surface area (Å²) in [6.45, 7) is 11.1. The van der Waals surface area contributed by atoms with Gasteiger partial charge in [0.1, 0.15) is 0 Å². The standard InChI is InChI=1S/C12H23N/c1-5-11(3)12-6-7-13(4)9-10(2)8-12/h5,10-12H,1,6-9H2,2-4H3. The molecule has 3 atom stereocenters. The predicted molar refractivity (Wildman–Crippen MR) is 58.7 cm³/mol. The van der Waals surface area contributed by atoms with Crippen molar-refractivity contribution in [1.82, 2.24) is 4.90 Å². The molecule has 0 radical (unpaired) electrons. The van der Waals surface area contributed by atoms with Crippen LogP contribution in [0.15, 0.2) is 12.7 Å². The van der Waals surface area contributed by atoms with Crippen LogP contribution in [0.3, 0.4) is 0 Å². The molecule has 1 aliphatic heterocycles. The second kappa shape index (κ2) is 4.80. The van der Waals surface area contributed by atoms with Crippen LogP contribution in [-0.2, 0) is 0 Å². The lowest BCUT2D eigenvalue weighted by atomic mass is 9.85. The van der Waals surface area contributed by atoms with Crippen LogP contribution in [0.5, 0.6) is 0 Å². The monoisotopic (exact) mass is 181 g/mol. The molecule has 1 heteroatoms. The minimum atomic E-state index is 0.689. The number of likely N-dealkylation sites (tertiary alicyclic amines) is 1. The summed E-state index contributed by atoms with van der Waals surface area (Å²) in [4.78, 5) is 2.46. The molecule has 76 valence electrons. The maximum Gasteiger partial charge on any atom is 0.000408 e. The fourth-order valence-corrected chi connectivity index (χ4v) is 2.39. The van der Waals surface area contributed by atoms with E-state index in [1.165, 1.54) is 25.9 Å². The van der Waals surface area contributed by atoms with Crippen molar-refractivity contribution >= 4 is 0 Å². The molecule has 0 aromatic heterocycles. The number of rotatable bonds is 2. The summed E-state index contributed by atoms with van der Waals surface area (Å²) in [5, 5.41) is 0. The van der Waals surface area contributed by atoms with Crippen molar-refractivity contribution in [3.63, 3.8) is 0 Å². The SMILES string of the molecule is C=CC(C)C1CCN(C)CC(C)C1. The van der Waals surface area contributed by atoms with E-state index in [1.807, 2.05) is 0 Å². The van der Waals surface area contributed by atoms with Gasteiger partial charge in [0.15, 0.2) is 0 Å². The summed E-state index contributed by atoms with van der Waals surface area (Å²) < 4.78 is 0. The van der Waals surface area contributed by atoms with Gasteiger partial charge >= 0.3 is 0 Å². The minimum absolute atomic E-state index is 0.689. The minimum Gasteiger partial charge on any atom is -0.306 e. The smallest absolute Gasteiger partial charge is 0.000408 e. The van der Waals surface area contributed by atoms with Gasteiger partial charge in [-0.25, -0.2) is 0 Å². The van der Waals surface area contributed by atoms with Gasteiger partial charge in [-0.1, -0.05) is 19.9 Å². The first-order valence-electron chi connectivity index (χ1n) is 5.44. The fraction of sp³-hybridized carbons (Fsp3) is 0.833. The van der Waals surface area contributed by atoms with Crippen molar-refractivity contribution < 1.29 is 0 Å². The van der Waals surface area contributed by atoms with Gasteiger partial charge in [-0.05, 0) is 44.2 Å². The van der Waals surface area contributed by atoms with Crippen molar-refractivity contribution in [2.45, 2.75) is 26.7 Å². The highest BCUT2D eigenvalue weighted by molar-refractivity contribution is 4.84. The Balaban J connectivity index is 2.52. The molecule has 0 aromatic carbocycles. The van der Waals surface area contributed by atoms with E-state index in [0.29, 0.717) is 5.92 Å². The van der Waals surface area contributed by atoms with E-state index in [2.05, 4.69) is 38.5 Å². The van der Waals surface area contributed by atoms with Crippen LogP contribution in [0.25, 0.3) is 0 Å². The van der Waals surface area contributed by atoms with Crippen LogP contribution in [0, 0.1) is 17.8 Å². The first kappa shape index (κ1) is 10.8. The van der Waals surface area contributed by atoms with E-state index < -0.39 is 0 Å². The maximum absolute atomic E-state index is 3.90. The third kappa shape index (κ3) is 3.15. The van der Waals surface area contributed by atoms with E-state index in [9.17, 15) is 0 Å². The van der Waals surface area contributed by atoms with Crippen LogP contribution >= 0.6 is 0 Å². The van der Waals surface area contributed by atoms with E-state index in [0.717, 1.165) is 11.8 Å². The first-order chi connectivity index (χ1) is 6.13. The van der Waals surface area contributed by atoms with Crippen LogP contribution in [0.2, 0.25) is 0 Å². The van der Waals surface area contributed by atoms with Gasteiger partial charge in [-0.2, -0.15) is 0 Å². The van der Waals surface area contributed by atoms with Crippen LogP contribution < -0.4 is 0 Å². The molecular weight excluding hydrogens is 158 g/mol. The molecule has 0 bridgehead atoms. The fourth-order valence-electron chi connectivity index (χ4n) is 2.39. The van der Waals surface area contributed by atoms with Crippen molar-refractivity contribution in [1.29, 1.82) is 0 Å². The Hall–Kier alpha value is -0.300. The van der Waals surface area contributed by atoms with Crippen LogP contribution in [0.4, 0.5) is 0 Å². The molecule has 1 fully saturated rings. The van der Waals surface area contributed by atoms with E-state index in [1.54, 1.807) is 0 Å². The van der Waals surface area contributed by atoms with Gasteiger partial charge in [0.2, 0.25) is 0 Å². The van der Waals surface area contributed by atoms with Crippen molar-refractivity contribution in [2.75, 3.05) is 20.1 Å². The summed E-state index contributed by atoms with van der Waals surface area (Å²) in [5.74, 6) is 2.39. The molecule has 3 unspecified atom stereocenters. The topological polar surface area (TPSA) is 3.24 Å². The summed E-state index contributed by atoms with van der Waals surface area (Å²) >= 11 is 0. The summed E-state index contributed by atoms with van der Waals surface area (Å²) in [6.07, 6.45) is 4.83. The average Bonchev–Trinajstić information content (AvgIpc) is 2.25. The normalized spacial score (nSPS) is 33.8. The van der Waals surface area contributed by atoms with Gasteiger partial charge < -0.3 is 4.90 Å². The molecule has 1 saturated heterocycles. The van der Waals surface area contributed by atoms with Gasteiger partial charge in [0, 0.05) is 6.54 Å². The lowest BCUT2D eigenvalue weighted by Crippen LogP contribution is -2.22. The molecule has 1 heterocycles. The largest absolute Gasteiger partial charge is 0.306 e. The Kier molecular flexibility index (Phi) is 3.98. The van der Waals surface area contributed by atoms with Gasteiger partial charge in [0.05, 0.1) is 0 Å². The van der Waals surface area contributed by atoms with Crippen molar-refractivity contribution in [3.8, 4) is 0 Å². The second-order valence-electron chi connectivity index (χ2n) is 4.75. The molecule has 0 amide bonds. The highest BCUT2D eigenvalue weighted by atomic mass is 15.1. The third-order valence-corrected chi connectivity index (χ3v) is 3.33. The number of nitrogens with zero attached hydrogens (tertiary/aromatic N) is 1. The predicted octanol–water partition coefficient (Wildman–Crippen LogP) is 2.79. The van der Waals surface area contributed by atoms with Gasteiger partial charge in [0.25, 0.3) is 0 Å². The quantitative estimate of drug-likeness (QED) is 0.592. The Morgan fingerprint density at radius 2 is 2.23 bits per heavy atom. The zero-order valence-electron chi connectivity index (χ0n) is 9.29. The molecule has 1 nitrogen and oxygen atoms in total. The highest BCUT2D eigenvalue weighted by Crippen LogP contribution is 2.27. The number of hydrogen-bond donors (Lipinski definition) is 0. The Morgan fingerprint density at radius 1 is 1.54 bits per heavy atom. The molecular formula is C12H23N. The number of allylic oxidation sites excluding steroid dienone is 1. The van der Waals surface area contributed by atoms with E-state index in [-0.39, 0.29) is 0 Å². The van der Waals surface area contributed by atoms with Crippen molar-refractivity contribution in [3.05, 3.63) is 12.7 Å². The molecule has 0 spiro atoms. The first-order valence-corrected chi connectivity index (χ1v) is 5.44. The molecule has 0 saturated carbocycles. The van der Waals surface area contributed by atoms with Gasteiger partial charge in [-0.3, -0.25) is 0 Å². The third-order valence-electron chi connectivity index (χ3n) is 3.33. The number of hydrogen-bond acceptors (Lipinski definition) is 1. The average molecular weight is 181 g/mol. The molecule has 1 rings (SSSR count). The van der Waals surface area contributed by atoms with Crippen molar-refractivity contribution in [2.24, 2.45) is 17.8 Å². The Morgan fingerprint density at radius 3 is 2.85 bits per heavy atom. The Labute approximate surface area is 82.8 Å². The van der Waals surface area contributed by atoms with Gasteiger partial charge in [-0.15, -0.1) is 6.58 Å². The summed E-state index contributed by atoms with van der Waals surface area (Å²) in [7, 11) is 2.23. The van der Waals surface area contributed by atoms with E-state index in [4.69, 9.17) is 0 Å². The molecule has 1 aliphatic rings. The van der Waals surface area contributed by atoms with E-state index >= 15 is 0 Å². The maximum atomic E-state index is 3.90.